The van der Waals surface area contributed by atoms with Crippen LogP contribution in [0.1, 0.15) is 37.0 Å². The molecule has 2 N–H and O–H groups in total. The van der Waals surface area contributed by atoms with Gasteiger partial charge in [-0.1, -0.05) is 31.4 Å². The van der Waals surface area contributed by atoms with Gasteiger partial charge in [0.15, 0.2) is 0 Å². The number of rotatable bonds is 7. The van der Waals surface area contributed by atoms with E-state index < -0.39 is 0 Å². The number of benzene rings is 1. The molecule has 1 aromatic carbocycles. The van der Waals surface area contributed by atoms with Crippen molar-refractivity contribution in [3.05, 3.63) is 34.9 Å². The second-order valence-corrected chi connectivity index (χ2v) is 7.28. The minimum absolute atomic E-state index is 0.0251. The Morgan fingerprint density at radius 1 is 1.38 bits per heavy atom. The predicted molar refractivity (Wildman–Crippen MR) is 94.8 cm³/mol. The second-order valence-electron chi connectivity index (χ2n) is 7.28. The fourth-order valence-corrected chi connectivity index (χ4v) is 3.30. The van der Waals surface area contributed by atoms with Crippen molar-refractivity contribution in [3.63, 3.8) is 0 Å². The molecule has 0 amide bonds. The zero-order valence-electron chi connectivity index (χ0n) is 14.3. The lowest BCUT2D eigenvalue weighted by Crippen LogP contribution is -2.56. The van der Waals surface area contributed by atoms with Gasteiger partial charge in [0, 0.05) is 25.2 Å². The highest BCUT2D eigenvalue weighted by molar-refractivity contribution is 6.08. The van der Waals surface area contributed by atoms with E-state index in [4.69, 9.17) is 5.73 Å². The lowest BCUT2D eigenvalue weighted by molar-refractivity contribution is 0.0757. The molecule has 0 aliphatic carbocycles. The van der Waals surface area contributed by atoms with Gasteiger partial charge in [-0.15, -0.1) is 0 Å². The molecule has 1 aliphatic heterocycles. The average Bonchev–Trinajstić information content (AvgIpc) is 2.39. The van der Waals surface area contributed by atoms with E-state index in [1.165, 1.54) is 48.9 Å². The van der Waals surface area contributed by atoms with Gasteiger partial charge in [0.25, 0.3) is 0 Å². The first-order chi connectivity index (χ1) is 9.93. The van der Waals surface area contributed by atoms with Gasteiger partial charge >= 0.3 is 0 Å². The largest absolute Gasteiger partial charge is 0.324 e. The van der Waals surface area contributed by atoms with Crippen LogP contribution < -0.4 is 5.73 Å². The molecule has 0 spiro atoms. The van der Waals surface area contributed by atoms with Crippen molar-refractivity contribution in [1.29, 1.82) is 0 Å². The molecule has 0 radical (unpaired) electrons. The summed E-state index contributed by atoms with van der Waals surface area (Å²) in [6.07, 6.45) is 4.70. The van der Waals surface area contributed by atoms with Crippen LogP contribution in [0.2, 0.25) is 6.32 Å². The molecule has 1 fully saturated rings. The summed E-state index contributed by atoms with van der Waals surface area (Å²) in [6, 6.07) is 7.04. The monoisotopic (exact) mass is 286 g/mol. The molecule has 1 unspecified atom stereocenters. The molecule has 21 heavy (non-hydrogen) atoms. The quantitative estimate of drug-likeness (QED) is 0.779. The molecule has 1 heterocycles. The van der Waals surface area contributed by atoms with Gasteiger partial charge in [0.05, 0.1) is 0 Å². The number of aryl methyl sites for hydroxylation is 2. The molecule has 1 saturated heterocycles. The maximum atomic E-state index is 6.25. The van der Waals surface area contributed by atoms with E-state index in [0.29, 0.717) is 0 Å². The zero-order chi connectivity index (χ0) is 15.5. The molecule has 1 atom stereocenters. The first kappa shape index (κ1) is 16.6. The van der Waals surface area contributed by atoms with Crippen molar-refractivity contribution in [2.24, 2.45) is 11.7 Å². The maximum Gasteiger partial charge on any atom is 0.101 e. The van der Waals surface area contributed by atoms with E-state index in [2.05, 4.69) is 51.7 Å². The Hall–Kier alpha value is -0.795. The summed E-state index contributed by atoms with van der Waals surface area (Å²) in [6.45, 7) is 10.1. The van der Waals surface area contributed by atoms with Crippen molar-refractivity contribution in [1.82, 2.24) is 4.90 Å². The standard InChI is InChI=1S/C18H31BN2/c1-4-18(3,20)13-21-11-16(12-21)10-17-6-5-15(7-8-19)9-14(17)2/h5-6,9,16H,4,7-8,10-13,19-20H2,1-3H3. The number of nitrogens with zero attached hydrogens (tertiary/aromatic N) is 1. The maximum absolute atomic E-state index is 6.25. The van der Waals surface area contributed by atoms with Gasteiger partial charge in [-0.2, -0.15) is 0 Å². The van der Waals surface area contributed by atoms with Crippen LogP contribution in [0.15, 0.2) is 18.2 Å². The minimum Gasteiger partial charge on any atom is -0.324 e. The van der Waals surface area contributed by atoms with E-state index >= 15 is 0 Å². The number of likely N-dealkylation sites (tertiary alicyclic amines) is 1. The number of hydrogen-bond donors (Lipinski definition) is 1. The van der Waals surface area contributed by atoms with Gasteiger partial charge in [0.1, 0.15) is 7.85 Å². The fourth-order valence-electron chi connectivity index (χ4n) is 3.30. The molecule has 1 aliphatic rings. The minimum atomic E-state index is -0.0251. The van der Waals surface area contributed by atoms with Crippen molar-refractivity contribution >= 4 is 7.85 Å². The molecule has 0 aromatic heterocycles. The van der Waals surface area contributed by atoms with Gasteiger partial charge in [-0.05, 0) is 55.7 Å². The number of nitrogens with two attached hydrogens (primary N) is 1. The Balaban J connectivity index is 1.82. The van der Waals surface area contributed by atoms with E-state index in [1.54, 1.807) is 0 Å². The summed E-state index contributed by atoms with van der Waals surface area (Å²) in [7, 11) is 2.24. The zero-order valence-corrected chi connectivity index (χ0v) is 14.3. The molecular weight excluding hydrogens is 255 g/mol. The highest BCUT2D eigenvalue weighted by atomic mass is 15.2. The van der Waals surface area contributed by atoms with Crippen LogP contribution in [0.25, 0.3) is 0 Å². The lowest BCUT2D eigenvalue weighted by atomic mass is 9.87. The fraction of sp³-hybridized carbons (Fsp3) is 0.667. The van der Waals surface area contributed by atoms with Gasteiger partial charge in [-0.3, -0.25) is 0 Å². The van der Waals surface area contributed by atoms with Crippen LogP contribution >= 0.6 is 0 Å². The van der Waals surface area contributed by atoms with Crippen LogP contribution in [0.5, 0.6) is 0 Å². The Kier molecular flexibility index (Phi) is 5.51. The predicted octanol–water partition coefficient (Wildman–Crippen LogP) is 2.19. The highest BCUT2D eigenvalue weighted by Crippen LogP contribution is 2.24. The van der Waals surface area contributed by atoms with Crippen molar-refractivity contribution in [2.45, 2.75) is 51.9 Å². The summed E-state index contributed by atoms with van der Waals surface area (Å²) in [5.41, 5.74) is 10.7. The third kappa shape index (κ3) is 4.59. The Bertz CT molecular complexity index is 464. The molecule has 2 nitrogen and oxygen atoms in total. The molecular formula is C18H31BN2. The van der Waals surface area contributed by atoms with Gasteiger partial charge in [0.2, 0.25) is 0 Å². The third-order valence-electron chi connectivity index (χ3n) is 4.88. The Morgan fingerprint density at radius 2 is 2.10 bits per heavy atom. The molecule has 0 saturated carbocycles. The second kappa shape index (κ2) is 6.98. The smallest absolute Gasteiger partial charge is 0.101 e. The van der Waals surface area contributed by atoms with E-state index in [9.17, 15) is 0 Å². The third-order valence-corrected chi connectivity index (χ3v) is 4.88. The molecule has 0 bridgehead atoms. The van der Waals surface area contributed by atoms with Crippen molar-refractivity contribution < 1.29 is 0 Å². The summed E-state index contributed by atoms with van der Waals surface area (Å²) in [5, 5.41) is 0. The topological polar surface area (TPSA) is 29.3 Å². The van der Waals surface area contributed by atoms with Crippen LogP contribution in [-0.2, 0) is 12.8 Å². The SMILES string of the molecule is BCCc1ccc(CC2CN(CC(C)(N)CC)C2)c(C)c1. The molecule has 116 valence electrons. The van der Waals surface area contributed by atoms with E-state index in [1.807, 2.05) is 0 Å². The summed E-state index contributed by atoms with van der Waals surface area (Å²) in [4.78, 5) is 2.51. The van der Waals surface area contributed by atoms with Crippen molar-refractivity contribution in [3.8, 4) is 0 Å². The van der Waals surface area contributed by atoms with E-state index in [0.717, 1.165) is 18.9 Å². The summed E-state index contributed by atoms with van der Waals surface area (Å²) >= 11 is 0. The van der Waals surface area contributed by atoms with Crippen LogP contribution in [0.3, 0.4) is 0 Å². The van der Waals surface area contributed by atoms with E-state index in [-0.39, 0.29) is 5.54 Å². The van der Waals surface area contributed by atoms with Crippen LogP contribution in [-0.4, -0.2) is 37.9 Å². The number of hydrogen-bond acceptors (Lipinski definition) is 2. The van der Waals surface area contributed by atoms with Gasteiger partial charge in [-0.25, -0.2) is 0 Å². The lowest BCUT2D eigenvalue weighted by Gasteiger charge is -2.43. The Labute approximate surface area is 131 Å². The highest BCUT2D eigenvalue weighted by Gasteiger charge is 2.31. The average molecular weight is 286 g/mol. The summed E-state index contributed by atoms with van der Waals surface area (Å²) < 4.78 is 0. The summed E-state index contributed by atoms with van der Waals surface area (Å²) in [5.74, 6) is 0.813. The normalized spacial score (nSPS) is 19.2. The first-order valence-electron chi connectivity index (χ1n) is 8.53. The Morgan fingerprint density at radius 3 is 2.67 bits per heavy atom. The van der Waals surface area contributed by atoms with Crippen molar-refractivity contribution in [2.75, 3.05) is 19.6 Å². The molecule has 1 aromatic rings. The van der Waals surface area contributed by atoms with Gasteiger partial charge < -0.3 is 10.6 Å². The first-order valence-corrected chi connectivity index (χ1v) is 8.53. The molecule has 3 heteroatoms. The van der Waals surface area contributed by atoms with Crippen LogP contribution in [0.4, 0.5) is 0 Å². The van der Waals surface area contributed by atoms with Crippen LogP contribution in [0, 0.1) is 12.8 Å². The molecule has 2 rings (SSSR count).